The number of benzene rings is 1. The van der Waals surface area contributed by atoms with Crippen LogP contribution < -0.4 is 10.1 Å². The van der Waals surface area contributed by atoms with Crippen LogP contribution in [0.3, 0.4) is 0 Å². The number of nitrogens with one attached hydrogen (secondary N) is 1. The Labute approximate surface area is 225 Å². The van der Waals surface area contributed by atoms with Gasteiger partial charge in [0, 0.05) is 28.4 Å². The van der Waals surface area contributed by atoms with Crippen LogP contribution in [0.1, 0.15) is 27.3 Å². The zero-order valence-corrected chi connectivity index (χ0v) is 21.5. The van der Waals surface area contributed by atoms with Crippen LogP contribution in [0.5, 0.6) is 5.88 Å². The van der Waals surface area contributed by atoms with E-state index in [9.17, 15) is 30.8 Å². The van der Waals surface area contributed by atoms with Gasteiger partial charge in [-0.2, -0.15) is 8.78 Å². The molecule has 5 rings (SSSR count). The molecule has 0 saturated heterocycles. The number of nitrogens with zero attached hydrogens (tertiary/aromatic N) is 3. The molecule has 0 spiro atoms. The average molecular weight is 577 g/mol. The number of alkyl halides is 3. The number of sulfone groups is 1. The van der Waals surface area contributed by atoms with Gasteiger partial charge in [-0.25, -0.2) is 27.2 Å². The number of aromatic nitrogens is 3. The fraction of sp³-hybridized carbons (Fsp3) is 0.231. The molecule has 1 amide bonds. The van der Waals surface area contributed by atoms with Crippen molar-refractivity contribution in [3.63, 3.8) is 0 Å². The van der Waals surface area contributed by atoms with Gasteiger partial charge in [0.25, 0.3) is 5.91 Å². The summed E-state index contributed by atoms with van der Waals surface area (Å²) in [7, 11) is -4.55. The number of amides is 1. The fourth-order valence-corrected chi connectivity index (χ4v) is 5.44. The molecule has 4 heterocycles. The number of pyridine rings is 3. The third kappa shape index (κ3) is 5.45. The van der Waals surface area contributed by atoms with Crippen molar-refractivity contribution >= 4 is 26.6 Å². The second kappa shape index (κ2) is 10.8. The summed E-state index contributed by atoms with van der Waals surface area (Å²) in [5.41, 5.74) is -1.25. The Bertz CT molecular complexity index is 1740. The van der Waals surface area contributed by atoms with Gasteiger partial charge < -0.3 is 14.8 Å². The minimum atomic E-state index is -4.55. The monoisotopic (exact) mass is 576 g/mol. The van der Waals surface area contributed by atoms with E-state index in [1.165, 1.54) is 6.20 Å². The SMILES string of the molecule is Cc1ccc(-c2ccc3cnc(CNC(=O)c4cc(F)c5c(c4)S(=O)(=O)[C@@H](F)COC5)cc3n2)c(OC(F)F)n1. The molecule has 0 bridgehead atoms. The van der Waals surface area contributed by atoms with Crippen LogP contribution in [0.2, 0.25) is 0 Å². The van der Waals surface area contributed by atoms with Crippen LogP contribution in [0.4, 0.5) is 17.6 Å². The summed E-state index contributed by atoms with van der Waals surface area (Å²) in [5.74, 6) is -2.11. The van der Waals surface area contributed by atoms with E-state index < -0.39 is 51.8 Å². The van der Waals surface area contributed by atoms with E-state index in [2.05, 4.69) is 25.0 Å². The maximum atomic E-state index is 14.7. The number of carbonyl (C=O) groups excluding carboxylic acids is 1. The summed E-state index contributed by atoms with van der Waals surface area (Å²) in [6.45, 7) is -2.79. The lowest BCUT2D eigenvalue weighted by Gasteiger charge is -2.12. The first-order valence-corrected chi connectivity index (χ1v) is 13.3. The highest BCUT2D eigenvalue weighted by Crippen LogP contribution is 2.31. The Kier molecular flexibility index (Phi) is 7.38. The van der Waals surface area contributed by atoms with Gasteiger partial charge in [0.2, 0.25) is 21.2 Å². The van der Waals surface area contributed by atoms with Crippen molar-refractivity contribution in [2.45, 2.75) is 37.1 Å². The number of halogens is 4. The molecule has 4 aromatic rings. The van der Waals surface area contributed by atoms with Gasteiger partial charge >= 0.3 is 6.61 Å². The molecule has 1 aliphatic rings. The van der Waals surface area contributed by atoms with Crippen molar-refractivity contribution in [1.82, 2.24) is 20.3 Å². The minimum Gasteiger partial charge on any atom is -0.416 e. The zero-order chi connectivity index (χ0) is 28.6. The molecule has 3 aromatic heterocycles. The van der Waals surface area contributed by atoms with Crippen LogP contribution in [0.15, 0.2) is 53.6 Å². The first-order valence-electron chi connectivity index (χ1n) is 11.8. The number of ether oxygens (including phenoxy) is 2. The van der Waals surface area contributed by atoms with E-state index in [1.807, 2.05) is 0 Å². The van der Waals surface area contributed by atoms with Gasteiger partial charge in [0.1, 0.15) is 5.82 Å². The van der Waals surface area contributed by atoms with E-state index in [0.29, 0.717) is 28.0 Å². The topological polar surface area (TPSA) is 120 Å². The molecule has 1 aromatic carbocycles. The molecule has 1 N–H and O–H groups in total. The van der Waals surface area contributed by atoms with Gasteiger partial charge in [0.15, 0.2) is 0 Å². The molecule has 0 saturated carbocycles. The molecule has 0 radical (unpaired) electrons. The quantitative estimate of drug-likeness (QED) is 0.338. The lowest BCUT2D eigenvalue weighted by atomic mass is 10.1. The van der Waals surface area contributed by atoms with Gasteiger partial charge in [-0.3, -0.25) is 9.78 Å². The van der Waals surface area contributed by atoms with Crippen LogP contribution >= 0.6 is 0 Å². The summed E-state index contributed by atoms with van der Waals surface area (Å²) < 4.78 is 88.9. The van der Waals surface area contributed by atoms with Gasteiger partial charge in [-0.05, 0) is 49.4 Å². The summed E-state index contributed by atoms with van der Waals surface area (Å²) in [5, 5.41) is 3.14. The predicted molar refractivity (Wildman–Crippen MR) is 133 cm³/mol. The lowest BCUT2D eigenvalue weighted by Crippen LogP contribution is -2.25. The van der Waals surface area contributed by atoms with Crippen LogP contribution in [-0.2, 0) is 27.7 Å². The molecule has 0 unspecified atom stereocenters. The number of fused-ring (bicyclic) bond motifs is 2. The van der Waals surface area contributed by atoms with Crippen LogP contribution in [-0.4, -0.2) is 48.0 Å². The molecule has 1 atom stereocenters. The number of aryl methyl sites for hydroxylation is 1. The second-order valence-electron chi connectivity index (χ2n) is 8.84. The summed E-state index contributed by atoms with van der Waals surface area (Å²) in [4.78, 5) is 24.9. The van der Waals surface area contributed by atoms with E-state index in [0.717, 1.165) is 12.1 Å². The zero-order valence-electron chi connectivity index (χ0n) is 20.7. The molecular formula is C26H20F4N4O5S. The van der Waals surface area contributed by atoms with Crippen molar-refractivity contribution < 1.29 is 40.2 Å². The Morgan fingerprint density at radius 1 is 1.18 bits per heavy atom. The fourth-order valence-electron chi connectivity index (χ4n) is 4.10. The summed E-state index contributed by atoms with van der Waals surface area (Å²) >= 11 is 0. The molecular weight excluding hydrogens is 556 g/mol. The molecule has 208 valence electrons. The van der Waals surface area contributed by atoms with Crippen molar-refractivity contribution in [2.75, 3.05) is 6.61 Å². The van der Waals surface area contributed by atoms with Crippen molar-refractivity contribution in [2.24, 2.45) is 0 Å². The molecule has 0 fully saturated rings. The second-order valence-corrected chi connectivity index (χ2v) is 10.9. The highest BCUT2D eigenvalue weighted by molar-refractivity contribution is 7.92. The Hall–Kier alpha value is -4.17. The minimum absolute atomic E-state index is 0.146. The van der Waals surface area contributed by atoms with E-state index >= 15 is 0 Å². The van der Waals surface area contributed by atoms with E-state index in [1.54, 1.807) is 37.3 Å². The van der Waals surface area contributed by atoms with Crippen molar-refractivity contribution in [1.29, 1.82) is 0 Å². The first kappa shape index (κ1) is 27.4. The average Bonchev–Trinajstić information content (AvgIpc) is 3.02. The Morgan fingerprint density at radius 2 is 1.98 bits per heavy atom. The highest BCUT2D eigenvalue weighted by Gasteiger charge is 2.35. The van der Waals surface area contributed by atoms with E-state index in [4.69, 9.17) is 4.74 Å². The number of carbonyl (C=O) groups is 1. The van der Waals surface area contributed by atoms with Crippen molar-refractivity contribution in [3.05, 3.63) is 77.0 Å². The van der Waals surface area contributed by atoms with Crippen molar-refractivity contribution in [3.8, 4) is 17.1 Å². The molecule has 0 aliphatic carbocycles. The Morgan fingerprint density at radius 3 is 2.75 bits per heavy atom. The maximum absolute atomic E-state index is 14.7. The maximum Gasteiger partial charge on any atom is 0.388 e. The normalized spacial score (nSPS) is 16.4. The largest absolute Gasteiger partial charge is 0.416 e. The molecule has 40 heavy (non-hydrogen) atoms. The van der Waals surface area contributed by atoms with Gasteiger partial charge in [-0.1, -0.05) is 0 Å². The van der Waals surface area contributed by atoms with E-state index in [-0.39, 0.29) is 29.1 Å². The standard InChI is InChI=1S/C26H20F4N4O5S/c1-13-2-4-17(25(33-13)39-26(29)30)20-5-3-14-9-31-16(8-21(14)34-20)10-32-24(35)15-6-19(27)18-11-38-12-23(28)40(36,37)22(18)7-15/h2-9,23,26H,10-12H2,1H3,(H,32,35)/t23-/m1/s1. The van der Waals surface area contributed by atoms with Crippen LogP contribution in [0.25, 0.3) is 22.2 Å². The number of hydrogen-bond donors (Lipinski definition) is 1. The summed E-state index contributed by atoms with van der Waals surface area (Å²) in [6, 6.07) is 9.80. The molecule has 14 heteroatoms. The van der Waals surface area contributed by atoms with Crippen LogP contribution in [0, 0.1) is 12.7 Å². The smallest absolute Gasteiger partial charge is 0.388 e. The van der Waals surface area contributed by atoms with Gasteiger partial charge in [0.05, 0.1) is 47.1 Å². The van der Waals surface area contributed by atoms with Gasteiger partial charge in [-0.15, -0.1) is 0 Å². The summed E-state index contributed by atoms with van der Waals surface area (Å²) in [6.07, 6.45) is 1.49. The third-order valence-electron chi connectivity index (χ3n) is 6.09. The first-order chi connectivity index (χ1) is 19.0. The Balaban J connectivity index is 1.39. The number of rotatable bonds is 6. The lowest BCUT2D eigenvalue weighted by molar-refractivity contribution is -0.0525. The molecule has 1 aliphatic heterocycles. The predicted octanol–water partition coefficient (Wildman–Crippen LogP) is 4.27. The highest BCUT2D eigenvalue weighted by atomic mass is 32.2. The third-order valence-corrected chi connectivity index (χ3v) is 7.88. The number of hydrogen-bond acceptors (Lipinski definition) is 8. The molecule has 9 nitrogen and oxygen atoms in total.